The van der Waals surface area contributed by atoms with E-state index >= 15 is 0 Å². The predicted octanol–water partition coefficient (Wildman–Crippen LogP) is 2.40. The minimum absolute atomic E-state index is 0.611. The van der Waals surface area contributed by atoms with Gasteiger partial charge in [-0.1, -0.05) is 6.92 Å². The maximum atomic E-state index is 3.49. The van der Waals surface area contributed by atoms with Crippen LogP contribution in [0.3, 0.4) is 0 Å². The number of hydrogen-bond acceptors (Lipinski definition) is 1. The first-order valence-corrected chi connectivity index (χ1v) is 5.15. The Balaban J connectivity index is 2.44. The Morgan fingerprint density at radius 1 is 1.46 bits per heavy atom. The highest BCUT2D eigenvalue weighted by Crippen LogP contribution is 2.02. The maximum Gasteiger partial charge on any atom is 0.0361 e. The quantitative estimate of drug-likeness (QED) is 0.736. The van der Waals surface area contributed by atoms with Crippen LogP contribution in [0.4, 0.5) is 0 Å². The van der Waals surface area contributed by atoms with Crippen LogP contribution in [-0.2, 0) is 13.1 Å². The van der Waals surface area contributed by atoms with E-state index in [2.05, 4.69) is 49.0 Å². The summed E-state index contributed by atoms with van der Waals surface area (Å²) in [5.41, 5.74) is 1.38. The van der Waals surface area contributed by atoms with Gasteiger partial charge in [-0.3, -0.25) is 0 Å². The Hall–Kier alpha value is -0.760. The molecule has 1 unspecified atom stereocenters. The molecule has 0 fully saturated rings. The van der Waals surface area contributed by atoms with E-state index in [1.807, 2.05) is 0 Å². The van der Waals surface area contributed by atoms with Crippen molar-refractivity contribution in [3.05, 3.63) is 24.0 Å². The molecule has 0 aliphatic heterocycles. The van der Waals surface area contributed by atoms with Crippen molar-refractivity contribution in [2.45, 2.75) is 46.3 Å². The minimum Gasteiger partial charge on any atom is -0.351 e. The molecule has 0 aliphatic rings. The molecule has 2 nitrogen and oxygen atoms in total. The van der Waals surface area contributed by atoms with Gasteiger partial charge >= 0.3 is 0 Å². The Kier molecular flexibility index (Phi) is 4.03. The number of hydrogen-bond donors (Lipinski definition) is 1. The van der Waals surface area contributed by atoms with Crippen LogP contribution in [0.1, 0.15) is 32.9 Å². The van der Waals surface area contributed by atoms with Crippen LogP contribution in [0, 0.1) is 0 Å². The molecule has 0 saturated heterocycles. The number of nitrogens with zero attached hydrogens (tertiary/aromatic N) is 1. The lowest BCUT2D eigenvalue weighted by Crippen LogP contribution is -2.25. The maximum absolute atomic E-state index is 3.49. The lowest BCUT2D eigenvalue weighted by Gasteiger charge is -2.12. The third-order valence-corrected chi connectivity index (χ3v) is 2.51. The van der Waals surface area contributed by atoms with E-state index in [4.69, 9.17) is 0 Å². The first-order chi connectivity index (χ1) is 6.27. The van der Waals surface area contributed by atoms with Gasteiger partial charge in [0.2, 0.25) is 0 Å². The molecule has 1 heterocycles. The SMILES string of the molecule is CCC(C)NCc1cccn1CC. The molecule has 0 radical (unpaired) electrons. The monoisotopic (exact) mass is 180 g/mol. The van der Waals surface area contributed by atoms with Crippen molar-refractivity contribution in [1.82, 2.24) is 9.88 Å². The van der Waals surface area contributed by atoms with Crippen molar-refractivity contribution in [1.29, 1.82) is 0 Å². The van der Waals surface area contributed by atoms with Gasteiger partial charge in [0.15, 0.2) is 0 Å². The van der Waals surface area contributed by atoms with E-state index in [1.165, 1.54) is 12.1 Å². The van der Waals surface area contributed by atoms with Crippen molar-refractivity contribution in [2.75, 3.05) is 0 Å². The summed E-state index contributed by atoms with van der Waals surface area (Å²) in [5.74, 6) is 0. The molecule has 1 N–H and O–H groups in total. The molecule has 1 aromatic rings. The molecular formula is C11H20N2. The summed E-state index contributed by atoms with van der Waals surface area (Å²) in [6.07, 6.45) is 3.32. The molecule has 0 amide bonds. The van der Waals surface area contributed by atoms with Gasteiger partial charge in [-0.25, -0.2) is 0 Å². The van der Waals surface area contributed by atoms with E-state index in [0.29, 0.717) is 6.04 Å². The molecular weight excluding hydrogens is 160 g/mol. The zero-order valence-electron chi connectivity index (χ0n) is 8.88. The van der Waals surface area contributed by atoms with Gasteiger partial charge in [-0.2, -0.15) is 0 Å². The van der Waals surface area contributed by atoms with Gasteiger partial charge in [0.25, 0.3) is 0 Å². The van der Waals surface area contributed by atoms with Crippen LogP contribution >= 0.6 is 0 Å². The zero-order valence-corrected chi connectivity index (χ0v) is 8.88. The first kappa shape index (κ1) is 10.3. The predicted molar refractivity (Wildman–Crippen MR) is 56.7 cm³/mol. The highest BCUT2D eigenvalue weighted by atomic mass is 15.0. The van der Waals surface area contributed by atoms with Gasteiger partial charge in [0.05, 0.1) is 0 Å². The Labute approximate surface area is 81.0 Å². The van der Waals surface area contributed by atoms with Crippen LogP contribution in [0.2, 0.25) is 0 Å². The third-order valence-electron chi connectivity index (χ3n) is 2.51. The van der Waals surface area contributed by atoms with E-state index in [-0.39, 0.29) is 0 Å². The number of rotatable bonds is 5. The summed E-state index contributed by atoms with van der Waals surface area (Å²) < 4.78 is 2.27. The summed E-state index contributed by atoms with van der Waals surface area (Å²) in [6.45, 7) is 8.64. The van der Waals surface area contributed by atoms with E-state index in [1.54, 1.807) is 0 Å². The molecule has 0 spiro atoms. The molecule has 1 rings (SSSR count). The summed E-state index contributed by atoms with van der Waals surface area (Å²) >= 11 is 0. The van der Waals surface area contributed by atoms with Crippen LogP contribution in [0.15, 0.2) is 18.3 Å². The summed E-state index contributed by atoms with van der Waals surface area (Å²) in [5, 5.41) is 3.49. The summed E-state index contributed by atoms with van der Waals surface area (Å²) in [6, 6.07) is 4.90. The normalized spacial score (nSPS) is 13.2. The van der Waals surface area contributed by atoms with Crippen LogP contribution in [0.25, 0.3) is 0 Å². The van der Waals surface area contributed by atoms with Crippen molar-refractivity contribution >= 4 is 0 Å². The molecule has 74 valence electrons. The van der Waals surface area contributed by atoms with Gasteiger partial charge in [-0.15, -0.1) is 0 Å². The lowest BCUT2D eigenvalue weighted by atomic mass is 10.2. The van der Waals surface area contributed by atoms with Crippen molar-refractivity contribution in [3.63, 3.8) is 0 Å². The summed E-state index contributed by atoms with van der Waals surface area (Å²) in [7, 11) is 0. The second-order valence-corrected chi connectivity index (χ2v) is 3.48. The van der Waals surface area contributed by atoms with Crippen molar-refractivity contribution < 1.29 is 0 Å². The van der Waals surface area contributed by atoms with Crippen LogP contribution in [-0.4, -0.2) is 10.6 Å². The lowest BCUT2D eigenvalue weighted by molar-refractivity contribution is 0.517. The standard InChI is InChI=1S/C11H20N2/c1-4-10(3)12-9-11-7-6-8-13(11)5-2/h6-8,10,12H,4-5,9H2,1-3H3. The number of aryl methyl sites for hydroxylation is 1. The molecule has 1 aromatic heterocycles. The molecule has 0 saturated carbocycles. The van der Waals surface area contributed by atoms with Gasteiger partial charge in [0.1, 0.15) is 0 Å². The third kappa shape index (κ3) is 2.88. The van der Waals surface area contributed by atoms with E-state index < -0.39 is 0 Å². The topological polar surface area (TPSA) is 17.0 Å². The molecule has 13 heavy (non-hydrogen) atoms. The molecule has 0 aliphatic carbocycles. The smallest absolute Gasteiger partial charge is 0.0361 e. The fourth-order valence-corrected chi connectivity index (χ4v) is 1.34. The molecule has 1 atom stereocenters. The molecule has 2 heteroatoms. The van der Waals surface area contributed by atoms with E-state index in [9.17, 15) is 0 Å². The minimum atomic E-state index is 0.611. The molecule has 0 bridgehead atoms. The Bertz CT molecular complexity index is 240. The first-order valence-electron chi connectivity index (χ1n) is 5.15. The van der Waals surface area contributed by atoms with Gasteiger partial charge < -0.3 is 9.88 Å². The average Bonchev–Trinajstić information content (AvgIpc) is 2.61. The second kappa shape index (κ2) is 5.07. The number of nitrogens with one attached hydrogen (secondary N) is 1. The van der Waals surface area contributed by atoms with Crippen molar-refractivity contribution in [2.24, 2.45) is 0 Å². The zero-order chi connectivity index (χ0) is 9.68. The van der Waals surface area contributed by atoms with Crippen LogP contribution < -0.4 is 5.32 Å². The second-order valence-electron chi connectivity index (χ2n) is 3.48. The highest BCUT2D eigenvalue weighted by molar-refractivity contribution is 5.06. The number of aromatic nitrogens is 1. The Morgan fingerprint density at radius 3 is 2.85 bits per heavy atom. The van der Waals surface area contributed by atoms with Crippen LogP contribution in [0.5, 0.6) is 0 Å². The van der Waals surface area contributed by atoms with Gasteiger partial charge in [-0.05, 0) is 32.4 Å². The van der Waals surface area contributed by atoms with Gasteiger partial charge in [0, 0.05) is 31.0 Å². The fourth-order valence-electron chi connectivity index (χ4n) is 1.34. The fraction of sp³-hybridized carbons (Fsp3) is 0.636. The Morgan fingerprint density at radius 2 is 2.23 bits per heavy atom. The average molecular weight is 180 g/mol. The van der Waals surface area contributed by atoms with E-state index in [0.717, 1.165) is 13.1 Å². The van der Waals surface area contributed by atoms with Crippen molar-refractivity contribution in [3.8, 4) is 0 Å². The molecule has 0 aromatic carbocycles. The largest absolute Gasteiger partial charge is 0.351 e. The summed E-state index contributed by atoms with van der Waals surface area (Å²) in [4.78, 5) is 0. The highest BCUT2D eigenvalue weighted by Gasteiger charge is 2.00.